The molecule has 9 heteroatoms. The first kappa shape index (κ1) is 15.9. The van der Waals surface area contributed by atoms with Gasteiger partial charge in [0.05, 0.1) is 0 Å². The number of nitrogens with one attached hydrogen (secondary N) is 1. The quantitative estimate of drug-likeness (QED) is 0.825. The van der Waals surface area contributed by atoms with Crippen molar-refractivity contribution >= 4 is 26.0 Å². The molecule has 0 spiro atoms. The molecule has 1 aliphatic rings. The zero-order chi connectivity index (χ0) is 14.8. The van der Waals surface area contributed by atoms with Crippen LogP contribution in [0.4, 0.5) is 0 Å². The molecule has 1 aromatic rings. The molecular formula is C11H20BrN5O2S. The summed E-state index contributed by atoms with van der Waals surface area (Å²) >= 11 is 3.16. The van der Waals surface area contributed by atoms with Crippen molar-refractivity contribution in [2.75, 3.05) is 26.2 Å². The van der Waals surface area contributed by atoms with E-state index in [1.54, 1.807) is 7.05 Å². The van der Waals surface area contributed by atoms with Gasteiger partial charge < -0.3 is 5.32 Å². The van der Waals surface area contributed by atoms with Crippen molar-refractivity contribution in [3.05, 3.63) is 4.60 Å². The van der Waals surface area contributed by atoms with Crippen molar-refractivity contribution in [1.29, 1.82) is 0 Å². The highest BCUT2D eigenvalue weighted by Gasteiger charge is 2.31. The molecule has 0 aliphatic carbocycles. The number of sulfonamides is 1. The van der Waals surface area contributed by atoms with Crippen LogP contribution in [0.5, 0.6) is 0 Å². The fraction of sp³-hybridized carbons (Fsp3) is 0.818. The summed E-state index contributed by atoms with van der Waals surface area (Å²) < 4.78 is 28.5. The Morgan fingerprint density at radius 3 is 2.80 bits per heavy atom. The molecule has 0 amide bonds. The molecule has 1 aromatic heterocycles. The van der Waals surface area contributed by atoms with E-state index in [-0.39, 0.29) is 9.63 Å². The molecule has 0 aromatic carbocycles. The maximum atomic E-state index is 12.7. The minimum Gasteiger partial charge on any atom is -0.316 e. The maximum absolute atomic E-state index is 12.7. The predicted octanol–water partition coefficient (Wildman–Crippen LogP) is 0.588. The van der Waals surface area contributed by atoms with Crippen LogP contribution in [0.1, 0.15) is 19.8 Å². The van der Waals surface area contributed by atoms with Gasteiger partial charge in [-0.3, -0.25) is 0 Å². The predicted molar refractivity (Wildman–Crippen MR) is 78.7 cm³/mol. The third-order valence-electron chi connectivity index (χ3n) is 3.53. The Morgan fingerprint density at radius 2 is 2.30 bits per heavy atom. The van der Waals surface area contributed by atoms with Gasteiger partial charge in [-0.25, -0.2) is 13.1 Å². The summed E-state index contributed by atoms with van der Waals surface area (Å²) in [7, 11) is -1.99. The average Bonchev–Trinajstić information content (AvgIpc) is 2.77. The molecule has 2 rings (SSSR count). The number of nitrogens with zero attached hydrogens (tertiary/aromatic N) is 4. The van der Waals surface area contributed by atoms with Crippen LogP contribution < -0.4 is 5.32 Å². The van der Waals surface area contributed by atoms with Crippen LogP contribution in [0.15, 0.2) is 9.63 Å². The van der Waals surface area contributed by atoms with Gasteiger partial charge in [-0.15, -0.1) is 5.10 Å². The average molecular weight is 366 g/mol. The molecule has 114 valence electrons. The molecule has 2 heterocycles. The standard InChI is InChI=1S/C11H20BrN5O2S/c1-3-17(8-9-5-4-6-13-7-9)20(18,19)11-10(12)14-15-16(11)2/h9,13H,3-8H2,1-2H3. The van der Waals surface area contributed by atoms with Gasteiger partial charge in [0.2, 0.25) is 5.03 Å². The number of halogens is 1. The van der Waals surface area contributed by atoms with Crippen molar-refractivity contribution in [2.24, 2.45) is 13.0 Å². The number of aromatic nitrogens is 3. The minimum atomic E-state index is -3.57. The van der Waals surface area contributed by atoms with Crippen molar-refractivity contribution in [3.63, 3.8) is 0 Å². The summed E-state index contributed by atoms with van der Waals surface area (Å²) in [5, 5.41) is 10.9. The van der Waals surface area contributed by atoms with Crippen molar-refractivity contribution in [2.45, 2.75) is 24.8 Å². The van der Waals surface area contributed by atoms with Crippen LogP contribution >= 0.6 is 15.9 Å². The van der Waals surface area contributed by atoms with Crippen LogP contribution in [0, 0.1) is 5.92 Å². The Kier molecular flexibility index (Phi) is 5.16. The molecule has 1 N–H and O–H groups in total. The zero-order valence-electron chi connectivity index (χ0n) is 11.7. The van der Waals surface area contributed by atoms with Gasteiger partial charge in [-0.05, 0) is 47.8 Å². The SMILES string of the molecule is CCN(CC1CCCNC1)S(=O)(=O)c1c(Br)nnn1C. The lowest BCUT2D eigenvalue weighted by Crippen LogP contribution is -2.41. The summed E-state index contributed by atoms with van der Waals surface area (Å²) in [4.78, 5) is 0. The first-order valence-corrected chi connectivity index (χ1v) is 8.96. The molecule has 0 saturated carbocycles. The van der Waals surface area contributed by atoms with Crippen molar-refractivity contribution in [3.8, 4) is 0 Å². The Balaban J connectivity index is 2.21. The van der Waals surface area contributed by atoms with E-state index >= 15 is 0 Å². The summed E-state index contributed by atoms with van der Waals surface area (Å²) in [6.07, 6.45) is 2.16. The third kappa shape index (κ3) is 3.21. The first-order chi connectivity index (χ1) is 9.46. The summed E-state index contributed by atoms with van der Waals surface area (Å²) in [6, 6.07) is 0. The Hall–Kier alpha value is -0.510. The van der Waals surface area contributed by atoms with Gasteiger partial charge in [0.25, 0.3) is 10.0 Å². The van der Waals surface area contributed by atoms with Gasteiger partial charge in [0.1, 0.15) is 0 Å². The van der Waals surface area contributed by atoms with Crippen LogP contribution in [0.25, 0.3) is 0 Å². The van der Waals surface area contributed by atoms with Crippen LogP contribution in [0.3, 0.4) is 0 Å². The molecule has 0 bridgehead atoms. The first-order valence-electron chi connectivity index (χ1n) is 6.72. The number of aryl methyl sites for hydroxylation is 1. The third-order valence-corrected chi connectivity index (χ3v) is 6.36. The van der Waals surface area contributed by atoms with Gasteiger partial charge in [-0.1, -0.05) is 12.1 Å². The fourth-order valence-corrected chi connectivity index (χ4v) is 5.04. The second kappa shape index (κ2) is 6.50. The highest BCUT2D eigenvalue weighted by Crippen LogP contribution is 2.23. The van der Waals surface area contributed by atoms with Gasteiger partial charge in [0.15, 0.2) is 4.60 Å². The van der Waals surface area contributed by atoms with E-state index in [1.165, 1.54) is 8.99 Å². The van der Waals surface area contributed by atoms with Crippen LogP contribution in [0.2, 0.25) is 0 Å². The fourth-order valence-electron chi connectivity index (χ4n) is 2.48. The zero-order valence-corrected chi connectivity index (χ0v) is 14.1. The van der Waals surface area contributed by atoms with Gasteiger partial charge in [0, 0.05) is 20.1 Å². The van der Waals surface area contributed by atoms with E-state index in [4.69, 9.17) is 0 Å². The van der Waals surface area contributed by atoms with Crippen LogP contribution in [-0.2, 0) is 17.1 Å². The Bertz CT molecular complexity index is 534. The van der Waals surface area contributed by atoms with E-state index in [0.29, 0.717) is 19.0 Å². The second-order valence-corrected chi connectivity index (χ2v) is 7.58. The summed E-state index contributed by atoms with van der Waals surface area (Å²) in [5.74, 6) is 0.360. The number of hydrogen-bond donors (Lipinski definition) is 1. The van der Waals surface area contributed by atoms with E-state index in [9.17, 15) is 8.42 Å². The van der Waals surface area contributed by atoms with Crippen molar-refractivity contribution in [1.82, 2.24) is 24.6 Å². The minimum absolute atomic E-state index is 0.114. The van der Waals surface area contributed by atoms with Gasteiger partial charge >= 0.3 is 0 Å². The molecule has 0 radical (unpaired) electrons. The molecular weight excluding hydrogens is 346 g/mol. The summed E-state index contributed by atoms with van der Waals surface area (Å²) in [6.45, 7) is 4.72. The normalized spacial score (nSPS) is 20.5. The lowest BCUT2D eigenvalue weighted by molar-refractivity contribution is 0.296. The lowest BCUT2D eigenvalue weighted by Gasteiger charge is -2.28. The number of piperidine rings is 1. The maximum Gasteiger partial charge on any atom is 0.263 e. The van der Waals surface area contributed by atoms with E-state index in [2.05, 4.69) is 31.6 Å². The number of rotatable bonds is 5. The Morgan fingerprint density at radius 1 is 1.55 bits per heavy atom. The molecule has 1 saturated heterocycles. The largest absolute Gasteiger partial charge is 0.316 e. The van der Waals surface area contributed by atoms with E-state index in [0.717, 1.165) is 25.9 Å². The number of hydrogen-bond acceptors (Lipinski definition) is 5. The lowest BCUT2D eigenvalue weighted by atomic mass is 10.00. The molecule has 1 atom stereocenters. The smallest absolute Gasteiger partial charge is 0.263 e. The Labute approximate surface area is 127 Å². The van der Waals surface area contributed by atoms with E-state index in [1.807, 2.05) is 6.92 Å². The highest BCUT2D eigenvalue weighted by molar-refractivity contribution is 9.10. The van der Waals surface area contributed by atoms with Crippen molar-refractivity contribution < 1.29 is 8.42 Å². The molecule has 20 heavy (non-hydrogen) atoms. The summed E-state index contributed by atoms with van der Waals surface area (Å²) in [5.41, 5.74) is 0. The van der Waals surface area contributed by atoms with Crippen LogP contribution in [-0.4, -0.2) is 53.9 Å². The molecule has 1 unspecified atom stereocenters. The molecule has 1 fully saturated rings. The molecule has 1 aliphatic heterocycles. The van der Waals surface area contributed by atoms with Gasteiger partial charge in [-0.2, -0.15) is 4.31 Å². The topological polar surface area (TPSA) is 80.1 Å². The van der Waals surface area contributed by atoms with E-state index < -0.39 is 10.0 Å². The highest BCUT2D eigenvalue weighted by atomic mass is 79.9. The molecule has 7 nitrogen and oxygen atoms in total. The monoisotopic (exact) mass is 365 g/mol. The second-order valence-electron chi connectivity index (χ2n) is 4.98.